The van der Waals surface area contributed by atoms with Gasteiger partial charge in [-0.15, -0.1) is 0 Å². The summed E-state index contributed by atoms with van der Waals surface area (Å²) in [5, 5.41) is 8.83. The minimum absolute atomic E-state index is 0.267. The summed E-state index contributed by atoms with van der Waals surface area (Å²) in [7, 11) is 1.95. The van der Waals surface area contributed by atoms with Crippen LogP contribution in [0.2, 0.25) is 0 Å². The van der Waals surface area contributed by atoms with Gasteiger partial charge in [-0.25, -0.2) is 4.98 Å². The van der Waals surface area contributed by atoms with Crippen molar-refractivity contribution >= 4 is 5.97 Å². The van der Waals surface area contributed by atoms with Crippen molar-refractivity contribution in [3.8, 4) is 0 Å². The molecule has 0 aliphatic heterocycles. The van der Waals surface area contributed by atoms with Gasteiger partial charge in [0, 0.05) is 32.3 Å². The molecule has 0 bridgehead atoms. The maximum absolute atomic E-state index is 10.7. The molecule has 1 fully saturated rings. The summed E-state index contributed by atoms with van der Waals surface area (Å²) in [6.45, 7) is 0. The molecule has 4 nitrogen and oxygen atoms in total. The molecule has 1 unspecified atom stereocenters. The molecular formula is C11H16N2O2. The summed E-state index contributed by atoms with van der Waals surface area (Å²) >= 11 is 0. The molecule has 0 spiro atoms. The fraction of sp³-hybridized carbons (Fsp3) is 0.636. The number of aliphatic carboxylic acids is 1. The molecule has 4 heteroatoms. The smallest absolute Gasteiger partial charge is 0.303 e. The van der Waals surface area contributed by atoms with E-state index in [-0.39, 0.29) is 12.3 Å². The molecule has 2 rings (SSSR count). The summed E-state index contributed by atoms with van der Waals surface area (Å²) in [6, 6.07) is 0. The molecule has 15 heavy (non-hydrogen) atoms. The van der Waals surface area contributed by atoms with Crippen LogP contribution in [0.15, 0.2) is 12.4 Å². The van der Waals surface area contributed by atoms with E-state index in [1.54, 1.807) is 6.20 Å². The summed E-state index contributed by atoms with van der Waals surface area (Å²) in [4.78, 5) is 15.0. The minimum atomic E-state index is -0.693. The van der Waals surface area contributed by atoms with E-state index in [2.05, 4.69) is 4.98 Å². The van der Waals surface area contributed by atoms with Gasteiger partial charge in [-0.2, -0.15) is 0 Å². The Morgan fingerprint density at radius 3 is 2.93 bits per heavy atom. The molecule has 0 aromatic carbocycles. The number of carboxylic acids is 1. The molecule has 1 aliphatic carbocycles. The lowest BCUT2D eigenvalue weighted by atomic mass is 9.95. The van der Waals surface area contributed by atoms with Crippen LogP contribution in [-0.2, 0) is 18.3 Å². The van der Waals surface area contributed by atoms with Gasteiger partial charge < -0.3 is 9.67 Å². The van der Waals surface area contributed by atoms with Crippen molar-refractivity contribution in [2.45, 2.75) is 25.7 Å². The van der Waals surface area contributed by atoms with Crippen LogP contribution in [0.1, 0.15) is 25.1 Å². The van der Waals surface area contributed by atoms with E-state index in [0.29, 0.717) is 5.92 Å². The Morgan fingerprint density at radius 1 is 1.73 bits per heavy atom. The molecule has 0 saturated heterocycles. The number of carbonyl (C=O) groups is 1. The molecule has 1 aromatic heterocycles. The summed E-state index contributed by atoms with van der Waals surface area (Å²) in [5.41, 5.74) is 0. The number of aromatic nitrogens is 2. The third-order valence-corrected chi connectivity index (χ3v) is 3.09. The van der Waals surface area contributed by atoms with Gasteiger partial charge >= 0.3 is 5.97 Å². The third kappa shape index (κ3) is 2.58. The maximum atomic E-state index is 10.7. The van der Waals surface area contributed by atoms with Gasteiger partial charge in [0.1, 0.15) is 5.82 Å². The topological polar surface area (TPSA) is 55.1 Å². The second-order valence-corrected chi connectivity index (χ2v) is 4.35. The number of nitrogens with zero attached hydrogens (tertiary/aromatic N) is 2. The molecule has 1 aliphatic rings. The van der Waals surface area contributed by atoms with Crippen molar-refractivity contribution in [1.29, 1.82) is 0 Å². The summed E-state index contributed by atoms with van der Waals surface area (Å²) < 4.78 is 1.97. The lowest BCUT2D eigenvalue weighted by molar-refractivity contribution is -0.138. The van der Waals surface area contributed by atoms with Crippen molar-refractivity contribution in [3.63, 3.8) is 0 Å². The zero-order valence-electron chi connectivity index (χ0n) is 8.89. The van der Waals surface area contributed by atoms with Gasteiger partial charge in [-0.05, 0) is 24.7 Å². The average Bonchev–Trinajstić information content (AvgIpc) is 2.92. The standard InChI is InChI=1S/C11H16N2O2/c1-13-5-4-12-10(13)6-9(7-11(14)15)8-2-3-8/h4-5,8-9H,2-3,6-7H2,1H3,(H,14,15). The number of aryl methyl sites for hydroxylation is 1. The van der Waals surface area contributed by atoms with E-state index >= 15 is 0 Å². The SMILES string of the molecule is Cn1ccnc1CC(CC(=O)O)C1CC1. The van der Waals surface area contributed by atoms with Crippen molar-refractivity contribution in [1.82, 2.24) is 9.55 Å². The van der Waals surface area contributed by atoms with Crippen LogP contribution in [0.4, 0.5) is 0 Å². The highest BCUT2D eigenvalue weighted by Gasteiger charge is 2.33. The molecule has 1 saturated carbocycles. The zero-order chi connectivity index (χ0) is 10.8. The van der Waals surface area contributed by atoms with E-state index in [0.717, 1.165) is 12.2 Å². The molecule has 1 N–H and O–H groups in total. The predicted molar refractivity (Wildman–Crippen MR) is 55.4 cm³/mol. The fourth-order valence-corrected chi connectivity index (χ4v) is 2.03. The molecular weight excluding hydrogens is 192 g/mol. The number of rotatable bonds is 5. The first kappa shape index (κ1) is 10.2. The first-order chi connectivity index (χ1) is 7.16. The van der Waals surface area contributed by atoms with E-state index < -0.39 is 5.97 Å². The van der Waals surface area contributed by atoms with Gasteiger partial charge in [-0.3, -0.25) is 4.79 Å². The lowest BCUT2D eigenvalue weighted by Crippen LogP contribution is -2.15. The monoisotopic (exact) mass is 208 g/mol. The van der Waals surface area contributed by atoms with Gasteiger partial charge in [0.2, 0.25) is 0 Å². The average molecular weight is 208 g/mol. The van der Waals surface area contributed by atoms with Crippen LogP contribution in [0, 0.1) is 11.8 Å². The summed E-state index contributed by atoms with van der Waals surface area (Å²) in [5.74, 6) is 1.18. The third-order valence-electron chi connectivity index (χ3n) is 3.09. The lowest BCUT2D eigenvalue weighted by Gasteiger charge is -2.13. The van der Waals surface area contributed by atoms with Gasteiger partial charge in [0.15, 0.2) is 0 Å². The van der Waals surface area contributed by atoms with E-state index in [1.807, 2.05) is 17.8 Å². The highest BCUT2D eigenvalue weighted by Crippen LogP contribution is 2.39. The van der Waals surface area contributed by atoms with E-state index in [9.17, 15) is 4.79 Å². The normalized spacial score (nSPS) is 17.7. The van der Waals surface area contributed by atoms with E-state index in [1.165, 1.54) is 12.8 Å². The Labute approximate surface area is 88.9 Å². The van der Waals surface area contributed by atoms with Crippen molar-refractivity contribution in [2.75, 3.05) is 0 Å². The Balaban J connectivity index is 2.00. The largest absolute Gasteiger partial charge is 0.481 e. The van der Waals surface area contributed by atoms with Gasteiger partial charge in [-0.1, -0.05) is 0 Å². The molecule has 82 valence electrons. The van der Waals surface area contributed by atoms with Crippen LogP contribution in [0.5, 0.6) is 0 Å². The maximum Gasteiger partial charge on any atom is 0.303 e. The Morgan fingerprint density at radius 2 is 2.47 bits per heavy atom. The highest BCUT2D eigenvalue weighted by atomic mass is 16.4. The number of imidazole rings is 1. The second-order valence-electron chi connectivity index (χ2n) is 4.35. The molecule has 1 atom stereocenters. The predicted octanol–water partition coefficient (Wildman–Crippen LogP) is 1.46. The minimum Gasteiger partial charge on any atom is -0.481 e. The van der Waals surface area contributed by atoms with Crippen molar-refractivity contribution < 1.29 is 9.90 Å². The number of hydrogen-bond acceptors (Lipinski definition) is 2. The van der Waals surface area contributed by atoms with Crippen LogP contribution in [0.25, 0.3) is 0 Å². The van der Waals surface area contributed by atoms with Crippen molar-refractivity contribution in [3.05, 3.63) is 18.2 Å². The molecule has 1 aromatic rings. The number of hydrogen-bond donors (Lipinski definition) is 1. The van der Waals surface area contributed by atoms with E-state index in [4.69, 9.17) is 5.11 Å². The first-order valence-electron chi connectivity index (χ1n) is 5.35. The molecule has 1 heterocycles. The Bertz CT molecular complexity index is 355. The highest BCUT2D eigenvalue weighted by molar-refractivity contribution is 5.67. The van der Waals surface area contributed by atoms with Gasteiger partial charge in [0.05, 0.1) is 0 Å². The van der Waals surface area contributed by atoms with Crippen molar-refractivity contribution in [2.24, 2.45) is 18.9 Å². The molecule has 0 radical (unpaired) electrons. The Hall–Kier alpha value is -1.32. The number of carboxylic acid groups (broad SMARTS) is 1. The first-order valence-corrected chi connectivity index (χ1v) is 5.35. The Kier molecular flexibility index (Phi) is 2.75. The van der Waals surface area contributed by atoms with Crippen LogP contribution >= 0.6 is 0 Å². The van der Waals surface area contributed by atoms with Crippen LogP contribution in [0.3, 0.4) is 0 Å². The van der Waals surface area contributed by atoms with Crippen LogP contribution < -0.4 is 0 Å². The summed E-state index contributed by atoms with van der Waals surface area (Å²) in [6.07, 6.45) is 7.10. The van der Waals surface area contributed by atoms with Crippen LogP contribution in [-0.4, -0.2) is 20.6 Å². The fourth-order valence-electron chi connectivity index (χ4n) is 2.03. The molecule has 0 amide bonds. The zero-order valence-corrected chi connectivity index (χ0v) is 8.89. The quantitative estimate of drug-likeness (QED) is 0.797. The van der Waals surface area contributed by atoms with Gasteiger partial charge in [0.25, 0.3) is 0 Å². The second kappa shape index (κ2) is 4.04.